The van der Waals surface area contributed by atoms with Crippen molar-refractivity contribution in [1.82, 2.24) is 24.5 Å². The van der Waals surface area contributed by atoms with Gasteiger partial charge in [-0.15, -0.1) is 0 Å². The quantitative estimate of drug-likeness (QED) is 0.526. The first kappa shape index (κ1) is 21.5. The van der Waals surface area contributed by atoms with Crippen molar-refractivity contribution >= 4 is 38.9 Å². The van der Waals surface area contributed by atoms with E-state index in [0.29, 0.717) is 11.7 Å². The Morgan fingerprint density at radius 1 is 1.21 bits per heavy atom. The fraction of sp³-hybridized carbons (Fsp3) is 0.381. The normalized spacial score (nSPS) is 11.0. The summed E-state index contributed by atoms with van der Waals surface area (Å²) >= 11 is 9.25. The van der Waals surface area contributed by atoms with Gasteiger partial charge in [0.1, 0.15) is 0 Å². The van der Waals surface area contributed by atoms with Crippen LogP contribution in [0.5, 0.6) is 0 Å². The molecule has 8 heteroatoms. The van der Waals surface area contributed by atoms with Gasteiger partial charge < -0.3 is 10.2 Å². The van der Waals surface area contributed by atoms with Crippen LogP contribution in [-0.4, -0.2) is 36.6 Å². The minimum atomic E-state index is 0.655. The minimum Gasteiger partial charge on any atom is -0.346 e. The Balaban J connectivity index is 1.74. The number of thiocarbonyl (C=S) groups is 1. The van der Waals surface area contributed by atoms with E-state index in [9.17, 15) is 0 Å². The summed E-state index contributed by atoms with van der Waals surface area (Å²) in [6, 6.07) is 8.40. The second kappa shape index (κ2) is 9.09. The third-order valence-electron chi connectivity index (χ3n) is 5.13. The van der Waals surface area contributed by atoms with Crippen LogP contribution in [0, 0.1) is 20.8 Å². The number of hydrogen-bond acceptors (Lipinski definition) is 3. The number of hydrogen-bond donors (Lipinski definition) is 1. The van der Waals surface area contributed by atoms with Crippen LogP contribution >= 0.6 is 28.1 Å². The van der Waals surface area contributed by atoms with Crippen LogP contribution in [0.3, 0.4) is 0 Å². The van der Waals surface area contributed by atoms with Gasteiger partial charge in [-0.1, -0.05) is 24.3 Å². The molecule has 154 valence electrons. The van der Waals surface area contributed by atoms with Crippen LogP contribution in [-0.2, 0) is 19.6 Å². The summed E-state index contributed by atoms with van der Waals surface area (Å²) in [5.74, 6) is 0. The summed E-state index contributed by atoms with van der Waals surface area (Å²) < 4.78 is 5.00. The van der Waals surface area contributed by atoms with Crippen molar-refractivity contribution in [2.24, 2.45) is 0 Å². The van der Waals surface area contributed by atoms with Crippen molar-refractivity contribution in [3.8, 4) is 0 Å². The lowest BCUT2D eigenvalue weighted by Crippen LogP contribution is -2.32. The van der Waals surface area contributed by atoms with Gasteiger partial charge in [0, 0.05) is 13.6 Å². The molecule has 0 amide bonds. The van der Waals surface area contributed by atoms with E-state index < -0.39 is 0 Å². The molecular weight excluding hydrogens is 448 g/mol. The Morgan fingerprint density at radius 2 is 1.93 bits per heavy atom. The molecule has 1 N–H and O–H groups in total. The van der Waals surface area contributed by atoms with Crippen molar-refractivity contribution in [2.45, 2.75) is 47.3 Å². The number of nitrogens with one attached hydrogen (secondary N) is 1. The topological polar surface area (TPSA) is 50.9 Å². The largest absolute Gasteiger partial charge is 0.346 e. The average molecular weight is 475 g/mol. The summed E-state index contributed by atoms with van der Waals surface area (Å²) in [5, 5.41) is 13.2. The minimum absolute atomic E-state index is 0.655. The predicted octanol–water partition coefficient (Wildman–Crippen LogP) is 4.66. The molecule has 0 unspecified atom stereocenters. The number of rotatable bonds is 6. The highest BCUT2D eigenvalue weighted by Gasteiger charge is 2.17. The molecule has 0 atom stereocenters. The fourth-order valence-electron chi connectivity index (χ4n) is 3.30. The predicted molar refractivity (Wildman–Crippen MR) is 125 cm³/mol. The zero-order valence-electron chi connectivity index (χ0n) is 17.5. The monoisotopic (exact) mass is 474 g/mol. The molecule has 1 aromatic carbocycles. The summed E-state index contributed by atoms with van der Waals surface area (Å²) in [5.41, 5.74) is 6.61. The van der Waals surface area contributed by atoms with E-state index >= 15 is 0 Å². The van der Waals surface area contributed by atoms with Gasteiger partial charge in [-0.3, -0.25) is 9.36 Å². The lowest BCUT2D eigenvalue weighted by Gasteiger charge is -2.22. The molecule has 2 heterocycles. The molecule has 29 heavy (non-hydrogen) atoms. The zero-order chi connectivity index (χ0) is 21.1. The molecule has 0 aliphatic rings. The fourth-order valence-corrected chi connectivity index (χ4v) is 3.89. The highest BCUT2D eigenvalue weighted by Crippen LogP contribution is 2.23. The van der Waals surface area contributed by atoms with Crippen LogP contribution in [0.2, 0.25) is 0 Å². The molecule has 2 aromatic heterocycles. The number of anilines is 1. The van der Waals surface area contributed by atoms with Gasteiger partial charge in [0.05, 0.1) is 46.5 Å². The maximum atomic E-state index is 5.67. The van der Waals surface area contributed by atoms with Gasteiger partial charge in [0.2, 0.25) is 0 Å². The molecule has 0 saturated carbocycles. The van der Waals surface area contributed by atoms with Crippen molar-refractivity contribution < 1.29 is 0 Å². The molecule has 0 spiro atoms. The Bertz CT molecular complexity index is 1020. The Labute approximate surface area is 186 Å². The van der Waals surface area contributed by atoms with Crippen molar-refractivity contribution in [1.29, 1.82) is 0 Å². The molecule has 0 bridgehead atoms. The van der Waals surface area contributed by atoms with Crippen molar-refractivity contribution in [3.63, 3.8) is 0 Å². The number of nitrogens with zero attached hydrogens (tertiary/aromatic N) is 5. The SMILES string of the molecule is CCn1ncc(Br)c1CN(C)C(=S)Nc1c(C)nn(Cc2ccccc2C)c1C. The number of benzene rings is 1. The molecule has 0 saturated heterocycles. The van der Waals surface area contributed by atoms with Crippen LogP contribution in [0.1, 0.15) is 35.1 Å². The van der Waals surface area contributed by atoms with E-state index in [4.69, 9.17) is 17.3 Å². The molecule has 0 aliphatic carbocycles. The third kappa shape index (κ3) is 4.70. The van der Waals surface area contributed by atoms with Gasteiger partial charge in [-0.25, -0.2) is 0 Å². The Morgan fingerprint density at radius 3 is 2.62 bits per heavy atom. The second-order valence-corrected chi connectivity index (χ2v) is 8.41. The lowest BCUT2D eigenvalue weighted by molar-refractivity contribution is 0.470. The number of halogens is 1. The summed E-state index contributed by atoms with van der Waals surface area (Å²) in [6.45, 7) is 10.5. The number of aromatic nitrogens is 4. The van der Waals surface area contributed by atoms with Crippen LogP contribution < -0.4 is 5.32 Å². The molecule has 6 nitrogen and oxygen atoms in total. The van der Waals surface area contributed by atoms with E-state index in [1.54, 1.807) is 0 Å². The van der Waals surface area contributed by atoms with Crippen molar-refractivity contribution in [3.05, 3.63) is 63.1 Å². The first-order chi connectivity index (χ1) is 13.8. The molecule has 0 aliphatic heterocycles. The van der Waals surface area contributed by atoms with Gasteiger partial charge in [-0.05, 0) is 67.0 Å². The zero-order valence-corrected chi connectivity index (χ0v) is 19.9. The van der Waals surface area contributed by atoms with Gasteiger partial charge in [-0.2, -0.15) is 10.2 Å². The summed E-state index contributed by atoms with van der Waals surface area (Å²) in [4.78, 5) is 2.01. The van der Waals surface area contributed by atoms with Crippen LogP contribution in [0.4, 0.5) is 5.69 Å². The highest BCUT2D eigenvalue weighted by atomic mass is 79.9. The van der Waals surface area contributed by atoms with Crippen LogP contribution in [0.15, 0.2) is 34.9 Å². The maximum absolute atomic E-state index is 5.67. The number of aryl methyl sites for hydroxylation is 3. The Kier molecular flexibility index (Phi) is 6.74. The average Bonchev–Trinajstić information content (AvgIpc) is 3.17. The van der Waals surface area contributed by atoms with Gasteiger partial charge in [0.15, 0.2) is 5.11 Å². The van der Waals surface area contributed by atoms with E-state index in [2.05, 4.69) is 71.4 Å². The first-order valence-corrected chi connectivity index (χ1v) is 10.8. The first-order valence-electron chi connectivity index (χ1n) is 9.62. The third-order valence-corrected chi connectivity index (χ3v) is 6.20. The molecule has 0 radical (unpaired) electrons. The summed E-state index contributed by atoms with van der Waals surface area (Å²) in [6.07, 6.45) is 1.83. The molecule has 3 aromatic rings. The molecule has 3 rings (SSSR count). The van der Waals surface area contributed by atoms with E-state index in [-0.39, 0.29) is 0 Å². The van der Waals surface area contributed by atoms with Gasteiger partial charge >= 0.3 is 0 Å². The van der Waals surface area contributed by atoms with E-state index in [0.717, 1.165) is 40.3 Å². The smallest absolute Gasteiger partial charge is 0.173 e. The Hall–Kier alpha value is -2.19. The lowest BCUT2D eigenvalue weighted by atomic mass is 10.1. The summed E-state index contributed by atoms with van der Waals surface area (Å²) in [7, 11) is 1.98. The standard InChI is InChI=1S/C21H27BrN6S/c1-6-27-19(18(22)11-23-27)13-26(5)21(29)24-20-15(3)25-28(16(20)4)12-17-10-8-7-9-14(17)2/h7-11H,6,12-13H2,1-5H3,(H,24,29). The highest BCUT2D eigenvalue weighted by molar-refractivity contribution is 9.10. The van der Waals surface area contributed by atoms with Gasteiger partial charge in [0.25, 0.3) is 0 Å². The second-order valence-electron chi connectivity index (χ2n) is 7.17. The van der Waals surface area contributed by atoms with E-state index in [1.165, 1.54) is 11.1 Å². The van der Waals surface area contributed by atoms with E-state index in [1.807, 2.05) is 34.4 Å². The van der Waals surface area contributed by atoms with Crippen LogP contribution in [0.25, 0.3) is 0 Å². The maximum Gasteiger partial charge on any atom is 0.173 e. The van der Waals surface area contributed by atoms with Crippen molar-refractivity contribution in [2.75, 3.05) is 12.4 Å². The molecule has 0 fully saturated rings. The molecular formula is C21H27BrN6S.